The molecule has 0 saturated carbocycles. The lowest BCUT2D eigenvalue weighted by atomic mass is 9.85. The van der Waals surface area contributed by atoms with Crippen LogP contribution in [0.3, 0.4) is 0 Å². The molecule has 2 heteroatoms. The maximum absolute atomic E-state index is 3.58. The zero-order valence-electron chi connectivity index (χ0n) is 12.4. The number of hydrogen-bond acceptors (Lipinski definition) is 2. The molecule has 1 aromatic carbocycles. The van der Waals surface area contributed by atoms with E-state index in [-0.39, 0.29) is 5.41 Å². The summed E-state index contributed by atoms with van der Waals surface area (Å²) in [7, 11) is 0. The summed E-state index contributed by atoms with van der Waals surface area (Å²) in [4.78, 5) is 2.45. The maximum atomic E-state index is 3.58. The average molecular weight is 248 g/mol. The Morgan fingerprint density at radius 3 is 2.22 bits per heavy atom. The van der Waals surface area contributed by atoms with Gasteiger partial charge < -0.3 is 10.2 Å². The van der Waals surface area contributed by atoms with E-state index < -0.39 is 0 Å². The Balaban J connectivity index is 2.34. The molecule has 0 unspecified atom stereocenters. The van der Waals surface area contributed by atoms with Gasteiger partial charge in [-0.05, 0) is 18.7 Å². The summed E-state index contributed by atoms with van der Waals surface area (Å²) in [6.45, 7) is 14.5. The third-order valence-corrected chi connectivity index (χ3v) is 3.62. The molecule has 0 fully saturated rings. The Bertz CT molecular complexity index is 315. The van der Waals surface area contributed by atoms with Gasteiger partial charge in [-0.3, -0.25) is 0 Å². The van der Waals surface area contributed by atoms with Crippen molar-refractivity contribution in [3.63, 3.8) is 0 Å². The number of rotatable bonds is 8. The zero-order valence-corrected chi connectivity index (χ0v) is 12.4. The number of hydrogen-bond donors (Lipinski definition) is 1. The number of nitrogens with zero attached hydrogens (tertiary/aromatic N) is 1. The van der Waals surface area contributed by atoms with Crippen molar-refractivity contribution in [2.75, 3.05) is 32.7 Å². The topological polar surface area (TPSA) is 15.3 Å². The molecule has 0 aliphatic rings. The molecular weight excluding hydrogens is 220 g/mol. The van der Waals surface area contributed by atoms with E-state index in [2.05, 4.69) is 68.2 Å². The highest BCUT2D eigenvalue weighted by Gasteiger charge is 2.19. The molecule has 0 aliphatic heterocycles. The minimum Gasteiger partial charge on any atom is -0.315 e. The third-order valence-electron chi connectivity index (χ3n) is 3.62. The molecule has 0 saturated heterocycles. The normalized spacial score (nSPS) is 12.1. The van der Waals surface area contributed by atoms with Crippen molar-refractivity contribution in [1.82, 2.24) is 10.2 Å². The van der Waals surface area contributed by atoms with Gasteiger partial charge in [0.2, 0.25) is 0 Å². The fraction of sp³-hybridized carbons (Fsp3) is 0.625. The highest BCUT2D eigenvalue weighted by Crippen LogP contribution is 2.21. The fourth-order valence-corrected chi connectivity index (χ4v) is 2.17. The van der Waals surface area contributed by atoms with Gasteiger partial charge in [-0.15, -0.1) is 0 Å². The predicted octanol–water partition coefficient (Wildman–Crippen LogP) is 2.90. The molecule has 1 aromatic rings. The van der Waals surface area contributed by atoms with Gasteiger partial charge in [-0.25, -0.2) is 0 Å². The van der Waals surface area contributed by atoms with Crippen molar-refractivity contribution < 1.29 is 0 Å². The highest BCUT2D eigenvalue weighted by molar-refractivity contribution is 5.23. The quantitative estimate of drug-likeness (QED) is 0.712. The maximum Gasteiger partial charge on any atom is 0.0107 e. The van der Waals surface area contributed by atoms with Crippen molar-refractivity contribution in [2.45, 2.75) is 33.1 Å². The van der Waals surface area contributed by atoms with E-state index in [1.165, 1.54) is 5.56 Å². The smallest absolute Gasteiger partial charge is 0.0107 e. The summed E-state index contributed by atoms with van der Waals surface area (Å²) in [5, 5.41) is 3.58. The molecule has 0 aromatic heterocycles. The van der Waals surface area contributed by atoms with Crippen LogP contribution in [0.4, 0.5) is 0 Å². The Labute approximate surface area is 112 Å². The molecule has 0 heterocycles. The molecule has 0 atom stereocenters. The van der Waals surface area contributed by atoms with Gasteiger partial charge in [0.15, 0.2) is 0 Å². The van der Waals surface area contributed by atoms with Crippen molar-refractivity contribution in [3.8, 4) is 0 Å². The molecule has 0 bridgehead atoms. The minimum absolute atomic E-state index is 0.199. The second kappa shape index (κ2) is 7.55. The lowest BCUT2D eigenvalue weighted by Crippen LogP contribution is -2.38. The SMILES string of the molecule is CCN(CC)CCNCC(C)(C)c1ccccc1. The molecular formula is C16H28N2. The molecule has 0 aliphatic carbocycles. The van der Waals surface area contributed by atoms with E-state index in [0.717, 1.165) is 32.7 Å². The molecule has 0 amide bonds. The van der Waals surface area contributed by atoms with Crippen LogP contribution in [0.15, 0.2) is 30.3 Å². The lowest BCUT2D eigenvalue weighted by molar-refractivity contribution is 0.298. The summed E-state index contributed by atoms with van der Waals surface area (Å²) in [6.07, 6.45) is 0. The van der Waals surface area contributed by atoms with Crippen LogP contribution in [0.5, 0.6) is 0 Å². The summed E-state index contributed by atoms with van der Waals surface area (Å²) in [5.41, 5.74) is 1.60. The second-order valence-electron chi connectivity index (χ2n) is 5.45. The first-order chi connectivity index (χ1) is 8.60. The average Bonchev–Trinajstić information content (AvgIpc) is 2.40. The predicted molar refractivity (Wildman–Crippen MR) is 80.1 cm³/mol. The molecule has 102 valence electrons. The monoisotopic (exact) mass is 248 g/mol. The van der Waals surface area contributed by atoms with Gasteiger partial charge in [0.05, 0.1) is 0 Å². The van der Waals surface area contributed by atoms with E-state index in [4.69, 9.17) is 0 Å². The minimum atomic E-state index is 0.199. The van der Waals surface area contributed by atoms with Gasteiger partial charge in [-0.2, -0.15) is 0 Å². The van der Waals surface area contributed by atoms with E-state index in [0.29, 0.717) is 0 Å². The summed E-state index contributed by atoms with van der Waals surface area (Å²) >= 11 is 0. The summed E-state index contributed by atoms with van der Waals surface area (Å²) in [6, 6.07) is 10.7. The fourth-order valence-electron chi connectivity index (χ4n) is 2.17. The van der Waals surface area contributed by atoms with E-state index in [1.54, 1.807) is 0 Å². The molecule has 2 nitrogen and oxygen atoms in total. The van der Waals surface area contributed by atoms with Crippen LogP contribution in [0.1, 0.15) is 33.3 Å². The lowest BCUT2D eigenvalue weighted by Gasteiger charge is -2.26. The van der Waals surface area contributed by atoms with Gasteiger partial charge in [0.25, 0.3) is 0 Å². The molecule has 1 rings (SSSR count). The summed E-state index contributed by atoms with van der Waals surface area (Å²) < 4.78 is 0. The summed E-state index contributed by atoms with van der Waals surface area (Å²) in [5.74, 6) is 0. The first-order valence-electron chi connectivity index (χ1n) is 7.08. The van der Waals surface area contributed by atoms with Crippen LogP contribution < -0.4 is 5.32 Å². The van der Waals surface area contributed by atoms with Gasteiger partial charge in [0.1, 0.15) is 0 Å². The van der Waals surface area contributed by atoms with Crippen molar-refractivity contribution >= 4 is 0 Å². The van der Waals surface area contributed by atoms with Crippen LogP contribution in [0.2, 0.25) is 0 Å². The third kappa shape index (κ3) is 4.79. The Kier molecular flexibility index (Phi) is 6.37. The van der Waals surface area contributed by atoms with Crippen molar-refractivity contribution in [1.29, 1.82) is 0 Å². The highest BCUT2D eigenvalue weighted by atomic mass is 15.1. The standard InChI is InChI=1S/C16H28N2/c1-5-18(6-2)13-12-17-14-16(3,4)15-10-8-7-9-11-15/h7-11,17H,5-6,12-14H2,1-4H3. The first kappa shape index (κ1) is 15.2. The Morgan fingerprint density at radius 2 is 1.67 bits per heavy atom. The Morgan fingerprint density at radius 1 is 1.06 bits per heavy atom. The van der Waals surface area contributed by atoms with E-state index in [9.17, 15) is 0 Å². The molecule has 1 N–H and O–H groups in total. The van der Waals surface area contributed by atoms with Gasteiger partial charge >= 0.3 is 0 Å². The molecule has 0 radical (unpaired) electrons. The van der Waals surface area contributed by atoms with E-state index in [1.807, 2.05) is 0 Å². The molecule has 0 spiro atoms. The van der Waals surface area contributed by atoms with Gasteiger partial charge in [-0.1, -0.05) is 58.0 Å². The first-order valence-corrected chi connectivity index (χ1v) is 7.08. The second-order valence-corrected chi connectivity index (χ2v) is 5.45. The van der Waals surface area contributed by atoms with Crippen LogP contribution in [-0.4, -0.2) is 37.6 Å². The molecule has 18 heavy (non-hydrogen) atoms. The number of nitrogens with one attached hydrogen (secondary N) is 1. The van der Waals surface area contributed by atoms with Crippen LogP contribution in [0.25, 0.3) is 0 Å². The number of likely N-dealkylation sites (N-methyl/N-ethyl adjacent to an activating group) is 1. The number of benzene rings is 1. The van der Waals surface area contributed by atoms with E-state index >= 15 is 0 Å². The van der Waals surface area contributed by atoms with Crippen LogP contribution >= 0.6 is 0 Å². The van der Waals surface area contributed by atoms with Crippen LogP contribution in [-0.2, 0) is 5.41 Å². The zero-order chi connectivity index (χ0) is 13.4. The van der Waals surface area contributed by atoms with Crippen molar-refractivity contribution in [2.24, 2.45) is 0 Å². The Hall–Kier alpha value is -0.860. The van der Waals surface area contributed by atoms with Gasteiger partial charge in [0, 0.05) is 25.0 Å². The van der Waals surface area contributed by atoms with Crippen molar-refractivity contribution in [3.05, 3.63) is 35.9 Å². The van der Waals surface area contributed by atoms with Crippen LogP contribution in [0, 0.1) is 0 Å². The largest absolute Gasteiger partial charge is 0.315 e.